The summed E-state index contributed by atoms with van der Waals surface area (Å²) in [6.07, 6.45) is 3.57. The molecule has 8 rings (SSSR count). The monoisotopic (exact) mass is 880 g/mol. The number of nitrogens with one attached hydrogen (secondary N) is 1. The molecule has 3 N–H and O–H groups in total. The third-order valence-corrected chi connectivity index (χ3v) is 12.4. The zero-order chi connectivity index (χ0) is 42.1. The van der Waals surface area contributed by atoms with Gasteiger partial charge in [0, 0.05) is 59.7 Å². The Kier molecular flexibility index (Phi) is 11.0. The molecular weight excluding hydrogens is 840 g/mol. The summed E-state index contributed by atoms with van der Waals surface area (Å²) in [7, 11) is 1.45. The van der Waals surface area contributed by atoms with Crippen LogP contribution in [0.5, 0.6) is 11.5 Å². The van der Waals surface area contributed by atoms with E-state index in [1.54, 1.807) is 32.1 Å². The molecule has 1 aromatic heterocycles. The zero-order valence-corrected chi connectivity index (χ0v) is 35.2. The van der Waals surface area contributed by atoms with Crippen molar-refractivity contribution >= 4 is 83.8 Å². The van der Waals surface area contributed by atoms with Crippen LogP contribution in [0.4, 0.5) is 5.69 Å². The van der Waals surface area contributed by atoms with Crippen LogP contribution in [-0.2, 0) is 28.5 Å². The van der Waals surface area contributed by atoms with Gasteiger partial charge in [0.05, 0.1) is 40.5 Å². The summed E-state index contributed by atoms with van der Waals surface area (Å²) in [4.78, 5) is 59.8. The van der Waals surface area contributed by atoms with Gasteiger partial charge in [-0.3, -0.25) is 19.2 Å². The second-order valence-electron chi connectivity index (χ2n) is 15.2. The topological polar surface area (TPSA) is 193 Å². The molecule has 1 amide bonds. The number of aromatic hydroxyl groups is 1. The Bertz CT molecular complexity index is 2570. The highest BCUT2D eigenvalue weighted by atomic mass is 79.9. The maximum atomic E-state index is 14.6. The Labute approximate surface area is 345 Å². The number of carbonyl (C=O) groups excluding carboxylic acids is 3. The van der Waals surface area contributed by atoms with E-state index in [0.717, 1.165) is 0 Å². The Balaban J connectivity index is 1.46. The van der Waals surface area contributed by atoms with Crippen molar-refractivity contribution in [2.75, 3.05) is 12.4 Å². The van der Waals surface area contributed by atoms with Crippen LogP contribution < -0.4 is 15.5 Å². The fraction of sp³-hybridized carbons (Fsp3) is 0.405. The van der Waals surface area contributed by atoms with Crippen molar-refractivity contribution in [2.24, 2.45) is 17.8 Å². The van der Waals surface area contributed by atoms with E-state index in [1.807, 2.05) is 19.9 Å². The van der Waals surface area contributed by atoms with Crippen LogP contribution in [0.25, 0.3) is 33.0 Å². The van der Waals surface area contributed by atoms with E-state index in [9.17, 15) is 29.4 Å². The Morgan fingerprint density at radius 1 is 1.07 bits per heavy atom. The molecule has 58 heavy (non-hydrogen) atoms. The first kappa shape index (κ1) is 41.4. The number of aliphatic hydroxyl groups excluding tert-OH is 1. The average molecular weight is 882 g/mol. The number of hydrogen-bond donors (Lipinski definition) is 3. The highest BCUT2D eigenvalue weighted by molar-refractivity contribution is 9.10. The third kappa shape index (κ3) is 6.85. The number of phenols is 1. The van der Waals surface area contributed by atoms with Crippen molar-refractivity contribution in [1.82, 2.24) is 4.98 Å². The number of ether oxygens (including phenoxy) is 5. The fourth-order valence-electron chi connectivity index (χ4n) is 7.98. The van der Waals surface area contributed by atoms with Gasteiger partial charge in [-0.05, 0) is 48.0 Å². The molecular formula is C42H42BrClN2O12. The summed E-state index contributed by atoms with van der Waals surface area (Å²) in [5.74, 6) is -6.01. The summed E-state index contributed by atoms with van der Waals surface area (Å²) in [5, 5.41) is 26.0. The lowest BCUT2D eigenvalue weighted by Crippen LogP contribution is -2.46. The SMILES string of the molecule is CO[C@H]1/C=C/O[C@@]2(C)Oc3c(C)c(=O)c4c(O)c(c5oc6cc(Br)c(Cl)cc6nc5c4c3C2=O)NC(=O)/C(C)=C\C=C\[C@H](C)[C@@H]2O[C@H]([C@H](O)[C@@H]2C)[C@H](OC(C)=O)[C@@H]1C. The first-order valence-corrected chi connectivity index (χ1v) is 19.8. The van der Waals surface area contributed by atoms with Gasteiger partial charge in [0.15, 0.2) is 22.3 Å². The number of esters is 1. The molecule has 0 radical (unpaired) electrons. The molecule has 0 saturated carbocycles. The number of fused-ring (bicyclic) bond motifs is 9. The maximum Gasteiger partial charge on any atom is 0.312 e. The van der Waals surface area contributed by atoms with Crippen LogP contribution in [-0.4, -0.2) is 76.3 Å². The molecule has 4 aliphatic rings. The van der Waals surface area contributed by atoms with E-state index in [2.05, 4.69) is 21.2 Å². The fourth-order valence-corrected chi connectivity index (χ4v) is 8.46. The second kappa shape index (κ2) is 15.4. The predicted octanol–water partition coefficient (Wildman–Crippen LogP) is 7.18. The molecule has 306 valence electrons. The van der Waals surface area contributed by atoms with Gasteiger partial charge in [-0.2, -0.15) is 0 Å². The number of methoxy groups -OCH3 is 1. The number of halogens is 2. The van der Waals surface area contributed by atoms with Crippen molar-refractivity contribution in [1.29, 1.82) is 0 Å². The molecule has 14 nitrogen and oxygen atoms in total. The summed E-state index contributed by atoms with van der Waals surface area (Å²) in [6, 6.07) is 3.09. The molecule has 1 saturated heterocycles. The molecule has 5 heterocycles. The Hall–Kier alpha value is -4.80. The van der Waals surface area contributed by atoms with E-state index >= 15 is 0 Å². The van der Waals surface area contributed by atoms with E-state index in [1.165, 1.54) is 46.3 Å². The van der Waals surface area contributed by atoms with Crippen LogP contribution in [0.2, 0.25) is 5.02 Å². The minimum Gasteiger partial charge on any atom is -0.505 e. The molecule has 0 unspecified atom stereocenters. The average Bonchev–Trinajstić information content (AvgIpc) is 3.62. The third-order valence-electron chi connectivity index (χ3n) is 11.2. The summed E-state index contributed by atoms with van der Waals surface area (Å²) < 4.78 is 37.0. The quantitative estimate of drug-likeness (QED) is 0.0794. The van der Waals surface area contributed by atoms with E-state index < -0.39 is 71.1 Å². The number of aromatic nitrogens is 1. The number of amides is 1. The van der Waals surface area contributed by atoms with Crippen molar-refractivity contribution < 1.29 is 52.7 Å². The molecule has 0 aliphatic carbocycles. The van der Waals surface area contributed by atoms with Crippen molar-refractivity contribution in [2.45, 2.75) is 84.8 Å². The first-order chi connectivity index (χ1) is 27.4. The van der Waals surface area contributed by atoms with Gasteiger partial charge >= 0.3 is 11.8 Å². The lowest BCUT2D eigenvalue weighted by Gasteiger charge is -2.33. The number of hydrogen-bond acceptors (Lipinski definition) is 13. The minimum absolute atomic E-state index is 0.0103. The number of nitrogens with zero attached hydrogens (tertiary/aromatic N) is 1. The number of ketones is 1. The molecule has 16 heteroatoms. The van der Waals surface area contributed by atoms with E-state index in [-0.39, 0.29) is 72.9 Å². The minimum atomic E-state index is -2.04. The number of phenolic OH excluding ortho intramolecular Hbond substituents is 1. The largest absolute Gasteiger partial charge is 0.505 e. The molecule has 4 aliphatic heterocycles. The lowest BCUT2D eigenvalue weighted by molar-refractivity contribution is -0.168. The zero-order valence-electron chi connectivity index (χ0n) is 32.8. The van der Waals surface area contributed by atoms with Crippen molar-refractivity contribution in [3.05, 3.63) is 79.1 Å². The van der Waals surface area contributed by atoms with Gasteiger partial charge in [-0.25, -0.2) is 4.98 Å². The van der Waals surface area contributed by atoms with Gasteiger partial charge < -0.3 is 43.6 Å². The van der Waals surface area contributed by atoms with Crippen LogP contribution in [0.15, 0.2) is 62.0 Å². The number of anilines is 1. The van der Waals surface area contributed by atoms with Gasteiger partial charge in [0.2, 0.25) is 0 Å². The predicted molar refractivity (Wildman–Crippen MR) is 218 cm³/mol. The first-order valence-electron chi connectivity index (χ1n) is 18.6. The number of rotatable bonds is 2. The van der Waals surface area contributed by atoms with Crippen molar-refractivity contribution in [3.63, 3.8) is 0 Å². The smallest absolute Gasteiger partial charge is 0.312 e. The summed E-state index contributed by atoms with van der Waals surface area (Å²) >= 11 is 9.82. The van der Waals surface area contributed by atoms with Crippen LogP contribution in [0.1, 0.15) is 57.5 Å². The number of carbonyl (C=O) groups is 3. The van der Waals surface area contributed by atoms with Gasteiger partial charge in [-0.15, -0.1) is 0 Å². The van der Waals surface area contributed by atoms with Crippen LogP contribution in [0.3, 0.4) is 0 Å². The number of aliphatic hydroxyl groups is 1. The van der Waals surface area contributed by atoms with Gasteiger partial charge in [0.1, 0.15) is 34.7 Å². The number of allylic oxidation sites excluding steroid dienone is 2. The highest BCUT2D eigenvalue weighted by Crippen LogP contribution is 2.49. The maximum absolute atomic E-state index is 14.6. The molecule has 0 spiro atoms. The normalized spacial score (nSPS) is 31.0. The molecule has 4 aromatic rings. The Morgan fingerprint density at radius 2 is 1.79 bits per heavy atom. The second-order valence-corrected chi connectivity index (χ2v) is 16.4. The summed E-state index contributed by atoms with van der Waals surface area (Å²) in [5.41, 5.74) is -0.570. The van der Waals surface area contributed by atoms with Crippen molar-refractivity contribution in [3.8, 4) is 11.5 Å². The van der Waals surface area contributed by atoms with E-state index in [4.69, 9.17) is 44.7 Å². The standard InChI is InChI=1S/C42H42BrClN2O12/c1-16-10-9-11-17(2)41(52)46-31-34(50)28-27(30-38(31)56-26-14-22(43)23(44)15-24(26)45-30)29-36(19(4)32(28)48)58-42(7,40(29)51)54-13-12-25(53-8)18(3)37(55-21(6)47)39-33(49)20(5)35(16)57-39/h9-16,18,20,25,33,35,37,39,49-50H,1-8H3,(H,46,52)/b10-9+,13-12+,17-11-/t16-,18+,20-,25-,33+,35-,37+,39+,42-/m0/s1. The van der Waals surface area contributed by atoms with E-state index in [0.29, 0.717) is 9.50 Å². The number of benzene rings is 3. The highest BCUT2D eigenvalue weighted by Gasteiger charge is 2.51. The molecule has 3 aromatic carbocycles. The summed E-state index contributed by atoms with van der Waals surface area (Å²) in [6.45, 7) is 11.1. The molecule has 1 fully saturated rings. The Morgan fingerprint density at radius 3 is 2.48 bits per heavy atom. The van der Waals surface area contributed by atoms with Gasteiger partial charge in [0.25, 0.3) is 11.7 Å². The number of Topliss-reactive ketones (excluding diaryl/α,β-unsaturated/α-hetero) is 1. The lowest BCUT2D eigenvalue weighted by atomic mass is 9.86. The van der Waals surface area contributed by atoms with Gasteiger partial charge in [-0.1, -0.05) is 50.6 Å². The van der Waals surface area contributed by atoms with Crippen LogP contribution >= 0.6 is 27.5 Å². The molecule has 9 atom stereocenters. The van der Waals surface area contributed by atoms with Crippen LogP contribution in [0, 0.1) is 24.7 Å². The molecule has 7 bridgehead atoms.